The third kappa shape index (κ3) is 9.32. The van der Waals surface area contributed by atoms with E-state index < -0.39 is 0 Å². The van der Waals surface area contributed by atoms with E-state index in [2.05, 4.69) is 0 Å². The van der Waals surface area contributed by atoms with E-state index in [9.17, 15) is 4.79 Å². The first-order valence-corrected chi connectivity index (χ1v) is 6.54. The Kier molecular flexibility index (Phi) is 9.82. The van der Waals surface area contributed by atoms with Gasteiger partial charge in [-0.25, -0.2) is 0 Å². The maximum atomic E-state index is 11.8. The van der Waals surface area contributed by atoms with Gasteiger partial charge in [-0.2, -0.15) is 0 Å². The zero-order valence-corrected chi connectivity index (χ0v) is 12.3. The van der Waals surface area contributed by atoms with Crippen LogP contribution in [-0.2, 0) is 14.3 Å². The minimum absolute atomic E-state index is 0.0432. The lowest BCUT2D eigenvalue weighted by Gasteiger charge is -2.22. The number of carbonyl (C=O) groups excluding carboxylic acids is 1. The van der Waals surface area contributed by atoms with E-state index in [1.807, 2.05) is 13.8 Å². The average Bonchev–Trinajstić information content (AvgIpc) is 2.27. The first-order chi connectivity index (χ1) is 8.47. The molecule has 0 bridgehead atoms. The van der Waals surface area contributed by atoms with Gasteiger partial charge in [0.15, 0.2) is 0 Å². The molecule has 0 rings (SSSR count). The molecule has 18 heavy (non-hydrogen) atoms. The van der Waals surface area contributed by atoms with Gasteiger partial charge in [0.2, 0.25) is 5.91 Å². The highest BCUT2D eigenvalue weighted by Crippen LogP contribution is 1.99. The summed E-state index contributed by atoms with van der Waals surface area (Å²) in [5.41, 5.74) is 5.45. The first kappa shape index (κ1) is 17.3. The number of methoxy groups -OCH3 is 1. The van der Waals surface area contributed by atoms with Crippen molar-refractivity contribution in [2.45, 2.75) is 32.8 Å². The van der Waals surface area contributed by atoms with E-state index >= 15 is 0 Å². The second-order valence-electron chi connectivity index (χ2n) is 4.30. The van der Waals surface area contributed by atoms with Crippen molar-refractivity contribution >= 4 is 23.1 Å². The van der Waals surface area contributed by atoms with Crippen LogP contribution in [0.5, 0.6) is 0 Å². The second-order valence-corrected chi connectivity index (χ2v) is 4.83. The molecule has 0 aromatic carbocycles. The highest BCUT2D eigenvalue weighted by molar-refractivity contribution is 7.80. The van der Waals surface area contributed by atoms with Crippen LogP contribution < -0.4 is 5.73 Å². The predicted molar refractivity (Wildman–Crippen MR) is 75.6 cm³/mol. The van der Waals surface area contributed by atoms with Gasteiger partial charge in [-0.05, 0) is 20.3 Å². The van der Waals surface area contributed by atoms with Crippen LogP contribution in [0.1, 0.15) is 26.7 Å². The number of carbonyl (C=O) groups is 1. The van der Waals surface area contributed by atoms with Crippen molar-refractivity contribution in [2.24, 2.45) is 5.73 Å². The van der Waals surface area contributed by atoms with Crippen molar-refractivity contribution in [3.05, 3.63) is 0 Å². The molecule has 2 N–H and O–H groups in total. The van der Waals surface area contributed by atoms with Crippen molar-refractivity contribution in [3.8, 4) is 0 Å². The van der Waals surface area contributed by atoms with E-state index in [0.717, 1.165) is 6.42 Å². The van der Waals surface area contributed by atoms with E-state index in [4.69, 9.17) is 27.4 Å². The zero-order chi connectivity index (χ0) is 14.0. The molecule has 0 saturated heterocycles. The summed E-state index contributed by atoms with van der Waals surface area (Å²) in [5, 5.41) is 0. The molecule has 0 fully saturated rings. The molecule has 0 spiro atoms. The Balaban J connectivity index is 4.03. The molecule has 5 nitrogen and oxygen atoms in total. The van der Waals surface area contributed by atoms with Crippen molar-refractivity contribution in [1.82, 2.24) is 4.90 Å². The Hall–Kier alpha value is -0.720. The largest absolute Gasteiger partial charge is 0.393 e. The third-order valence-electron chi connectivity index (χ3n) is 2.27. The van der Waals surface area contributed by atoms with Crippen LogP contribution in [0.2, 0.25) is 0 Å². The summed E-state index contributed by atoms with van der Waals surface area (Å²) in [5.74, 6) is -0.0432. The normalized spacial score (nSPS) is 10.7. The fourth-order valence-electron chi connectivity index (χ4n) is 1.40. The van der Waals surface area contributed by atoms with Crippen LogP contribution in [0.4, 0.5) is 0 Å². The first-order valence-electron chi connectivity index (χ1n) is 6.14. The van der Waals surface area contributed by atoms with E-state index in [1.165, 1.54) is 7.11 Å². The van der Waals surface area contributed by atoms with Gasteiger partial charge in [0.05, 0.1) is 11.1 Å². The Morgan fingerprint density at radius 2 is 2.06 bits per heavy atom. The molecule has 0 radical (unpaired) electrons. The summed E-state index contributed by atoms with van der Waals surface area (Å²) in [6.07, 6.45) is 1.55. The van der Waals surface area contributed by atoms with Crippen molar-refractivity contribution in [3.63, 3.8) is 0 Å². The molecule has 106 valence electrons. The van der Waals surface area contributed by atoms with Crippen LogP contribution in [0.15, 0.2) is 0 Å². The predicted octanol–water partition coefficient (Wildman–Crippen LogP) is 0.953. The lowest BCUT2D eigenvalue weighted by molar-refractivity contribution is -0.135. The molecule has 0 aliphatic rings. The molecule has 0 aliphatic carbocycles. The number of nitrogens with two attached hydrogens (primary N) is 1. The van der Waals surface area contributed by atoms with Gasteiger partial charge in [0.1, 0.15) is 6.61 Å². The van der Waals surface area contributed by atoms with Crippen LogP contribution in [0.3, 0.4) is 0 Å². The molecule has 0 aromatic rings. The number of rotatable bonds is 10. The van der Waals surface area contributed by atoms with Gasteiger partial charge in [0, 0.05) is 33.2 Å². The van der Waals surface area contributed by atoms with E-state index in [1.54, 1.807) is 4.90 Å². The molecular weight excluding hydrogens is 252 g/mol. The molecular formula is C12H24N2O3S. The summed E-state index contributed by atoms with van der Waals surface area (Å²) in [4.78, 5) is 13.9. The van der Waals surface area contributed by atoms with Crippen LogP contribution in [-0.4, -0.2) is 55.3 Å². The summed E-state index contributed by atoms with van der Waals surface area (Å²) in [7, 11) is 1.51. The number of nitrogens with zero attached hydrogens (tertiary/aromatic N) is 1. The SMILES string of the molecule is COCC(=O)N(CCCOC(C)C)CCC(N)=S. The highest BCUT2D eigenvalue weighted by Gasteiger charge is 2.12. The molecule has 0 saturated carbocycles. The number of thiocarbonyl (C=S) groups is 1. The van der Waals surface area contributed by atoms with Crippen LogP contribution in [0.25, 0.3) is 0 Å². The Labute approximate surface area is 115 Å². The Morgan fingerprint density at radius 1 is 1.39 bits per heavy atom. The highest BCUT2D eigenvalue weighted by atomic mass is 32.1. The maximum Gasteiger partial charge on any atom is 0.248 e. The molecule has 0 atom stereocenters. The molecule has 6 heteroatoms. The van der Waals surface area contributed by atoms with Gasteiger partial charge >= 0.3 is 0 Å². The summed E-state index contributed by atoms with van der Waals surface area (Å²) >= 11 is 4.82. The molecule has 0 unspecified atom stereocenters. The standard InChI is InChI=1S/C12H24N2O3S/c1-10(2)17-8-4-6-14(7-5-11(13)18)12(15)9-16-3/h10H,4-9H2,1-3H3,(H2,13,18). The molecule has 1 amide bonds. The number of ether oxygens (including phenoxy) is 2. The van der Waals surface area contributed by atoms with Gasteiger partial charge in [-0.15, -0.1) is 0 Å². The third-order valence-corrected chi connectivity index (χ3v) is 2.48. The fourth-order valence-corrected chi connectivity index (χ4v) is 1.49. The summed E-state index contributed by atoms with van der Waals surface area (Å²) in [6.45, 7) is 5.88. The monoisotopic (exact) mass is 276 g/mol. The lowest BCUT2D eigenvalue weighted by Crippen LogP contribution is -2.37. The van der Waals surface area contributed by atoms with Gasteiger partial charge < -0.3 is 20.1 Å². The van der Waals surface area contributed by atoms with Crippen molar-refractivity contribution < 1.29 is 14.3 Å². The van der Waals surface area contributed by atoms with Crippen LogP contribution in [0, 0.1) is 0 Å². The van der Waals surface area contributed by atoms with Gasteiger partial charge in [-0.1, -0.05) is 12.2 Å². The number of amides is 1. The smallest absolute Gasteiger partial charge is 0.248 e. The van der Waals surface area contributed by atoms with E-state index in [0.29, 0.717) is 31.1 Å². The molecule has 0 aliphatic heterocycles. The second kappa shape index (κ2) is 10.2. The topological polar surface area (TPSA) is 64.8 Å². The summed E-state index contributed by atoms with van der Waals surface area (Å²) < 4.78 is 10.3. The quantitative estimate of drug-likeness (QED) is 0.475. The lowest BCUT2D eigenvalue weighted by atomic mass is 10.3. The molecule has 0 aromatic heterocycles. The fraction of sp³-hybridized carbons (Fsp3) is 0.833. The minimum atomic E-state index is -0.0432. The Bertz CT molecular complexity index is 260. The van der Waals surface area contributed by atoms with Crippen molar-refractivity contribution in [2.75, 3.05) is 33.4 Å². The van der Waals surface area contributed by atoms with Gasteiger partial charge in [0.25, 0.3) is 0 Å². The maximum absolute atomic E-state index is 11.8. The van der Waals surface area contributed by atoms with Crippen molar-refractivity contribution in [1.29, 1.82) is 0 Å². The Morgan fingerprint density at radius 3 is 2.56 bits per heavy atom. The van der Waals surface area contributed by atoms with Crippen LogP contribution >= 0.6 is 12.2 Å². The minimum Gasteiger partial charge on any atom is -0.393 e. The molecule has 0 heterocycles. The zero-order valence-electron chi connectivity index (χ0n) is 11.5. The van der Waals surface area contributed by atoms with E-state index in [-0.39, 0.29) is 18.6 Å². The number of hydrogen-bond acceptors (Lipinski definition) is 4. The summed E-state index contributed by atoms with van der Waals surface area (Å²) in [6, 6.07) is 0. The van der Waals surface area contributed by atoms with Gasteiger partial charge in [-0.3, -0.25) is 4.79 Å². The average molecular weight is 276 g/mol. The number of hydrogen-bond donors (Lipinski definition) is 1.